The summed E-state index contributed by atoms with van der Waals surface area (Å²) >= 11 is 0. The molecule has 2 heterocycles. The highest BCUT2D eigenvalue weighted by molar-refractivity contribution is 5.87. The number of aromatic nitrogens is 3. The number of pyridine rings is 1. The Hall–Kier alpha value is -2.74. The second-order valence-electron chi connectivity index (χ2n) is 5.74. The maximum absolute atomic E-state index is 11.8. The zero-order valence-corrected chi connectivity index (χ0v) is 13.8. The lowest BCUT2D eigenvalue weighted by atomic mass is 10.1. The van der Waals surface area contributed by atoms with E-state index in [9.17, 15) is 9.59 Å². The molecule has 0 aliphatic carbocycles. The number of nitrogens with two attached hydrogens (primary N) is 1. The second-order valence-corrected chi connectivity index (χ2v) is 5.74. The number of nitrogens with zero attached hydrogens (tertiary/aromatic N) is 3. The first kappa shape index (κ1) is 17.6. The summed E-state index contributed by atoms with van der Waals surface area (Å²) in [4.78, 5) is 27.8. The van der Waals surface area contributed by atoms with Crippen LogP contribution >= 0.6 is 0 Å². The van der Waals surface area contributed by atoms with Crippen molar-refractivity contribution in [3.8, 4) is 5.82 Å². The molecule has 0 aromatic carbocycles. The molecule has 2 aromatic heterocycles. The lowest BCUT2D eigenvalue weighted by molar-refractivity contribution is -0.127. The van der Waals surface area contributed by atoms with E-state index in [1.54, 1.807) is 35.4 Å². The van der Waals surface area contributed by atoms with Gasteiger partial charge < -0.3 is 16.4 Å². The fourth-order valence-corrected chi connectivity index (χ4v) is 1.95. The Kier molecular flexibility index (Phi) is 6.02. The van der Waals surface area contributed by atoms with E-state index < -0.39 is 6.04 Å². The van der Waals surface area contributed by atoms with E-state index >= 15 is 0 Å². The summed E-state index contributed by atoms with van der Waals surface area (Å²) in [5, 5.41) is 9.38. The predicted octanol–water partition coefficient (Wildman–Crippen LogP) is -0.0170. The maximum atomic E-state index is 11.8. The van der Waals surface area contributed by atoms with Crippen molar-refractivity contribution in [2.45, 2.75) is 26.4 Å². The Morgan fingerprint density at radius 3 is 2.75 bits per heavy atom. The highest BCUT2D eigenvalue weighted by Gasteiger charge is 2.17. The lowest BCUT2D eigenvalue weighted by Crippen LogP contribution is -2.47. The number of amides is 2. The quantitative estimate of drug-likeness (QED) is 0.660. The van der Waals surface area contributed by atoms with E-state index in [1.165, 1.54) is 0 Å². The number of nitrogens with one attached hydrogen (secondary N) is 2. The average Bonchev–Trinajstić information content (AvgIpc) is 3.12. The van der Waals surface area contributed by atoms with Crippen LogP contribution in [0, 0.1) is 5.92 Å². The van der Waals surface area contributed by atoms with Gasteiger partial charge in [0, 0.05) is 25.1 Å². The van der Waals surface area contributed by atoms with E-state index in [-0.39, 0.29) is 24.3 Å². The van der Waals surface area contributed by atoms with Gasteiger partial charge in [-0.25, -0.2) is 9.67 Å². The largest absolute Gasteiger partial charge is 0.350 e. The molecule has 4 N–H and O–H groups in total. The molecule has 24 heavy (non-hydrogen) atoms. The van der Waals surface area contributed by atoms with Crippen molar-refractivity contribution in [2.75, 3.05) is 6.54 Å². The van der Waals surface area contributed by atoms with Gasteiger partial charge in [0.2, 0.25) is 11.8 Å². The van der Waals surface area contributed by atoms with Crippen molar-refractivity contribution in [1.29, 1.82) is 0 Å². The molecular formula is C16H22N6O2. The van der Waals surface area contributed by atoms with E-state index in [0.717, 1.165) is 5.56 Å². The van der Waals surface area contributed by atoms with Crippen LogP contribution in [0.25, 0.3) is 5.82 Å². The van der Waals surface area contributed by atoms with E-state index in [4.69, 9.17) is 5.73 Å². The molecule has 0 unspecified atom stereocenters. The van der Waals surface area contributed by atoms with Crippen LogP contribution in [0.3, 0.4) is 0 Å². The molecule has 0 saturated carbocycles. The molecule has 2 rings (SSSR count). The molecule has 0 fully saturated rings. The molecule has 8 heteroatoms. The molecule has 0 aliphatic rings. The third-order valence-corrected chi connectivity index (χ3v) is 3.48. The van der Waals surface area contributed by atoms with Gasteiger partial charge in [-0.1, -0.05) is 13.8 Å². The second kappa shape index (κ2) is 8.21. The third kappa shape index (κ3) is 4.88. The van der Waals surface area contributed by atoms with E-state index in [1.807, 2.05) is 19.9 Å². The number of hydrogen-bond acceptors (Lipinski definition) is 5. The molecule has 0 bridgehead atoms. The minimum atomic E-state index is -0.616. The fraction of sp³-hybridized carbons (Fsp3) is 0.375. The Bertz CT molecular complexity index is 684. The number of rotatable bonds is 7. The van der Waals surface area contributed by atoms with Gasteiger partial charge in [-0.3, -0.25) is 9.59 Å². The zero-order valence-electron chi connectivity index (χ0n) is 13.8. The van der Waals surface area contributed by atoms with Gasteiger partial charge in [0.1, 0.15) is 0 Å². The molecule has 2 aromatic rings. The Morgan fingerprint density at radius 1 is 1.29 bits per heavy atom. The smallest absolute Gasteiger partial charge is 0.239 e. The van der Waals surface area contributed by atoms with Gasteiger partial charge in [0.15, 0.2) is 5.82 Å². The van der Waals surface area contributed by atoms with Crippen LogP contribution < -0.4 is 16.4 Å². The van der Waals surface area contributed by atoms with E-state index in [2.05, 4.69) is 20.7 Å². The Morgan fingerprint density at radius 2 is 2.08 bits per heavy atom. The summed E-state index contributed by atoms with van der Waals surface area (Å²) in [7, 11) is 0. The highest BCUT2D eigenvalue weighted by atomic mass is 16.2. The van der Waals surface area contributed by atoms with Crippen LogP contribution in [-0.4, -0.2) is 39.2 Å². The van der Waals surface area contributed by atoms with E-state index in [0.29, 0.717) is 12.4 Å². The summed E-state index contributed by atoms with van der Waals surface area (Å²) in [5.41, 5.74) is 6.60. The summed E-state index contributed by atoms with van der Waals surface area (Å²) in [6, 6.07) is 4.83. The van der Waals surface area contributed by atoms with Crippen LogP contribution in [0.4, 0.5) is 0 Å². The number of carbonyl (C=O) groups is 2. The van der Waals surface area contributed by atoms with Gasteiger partial charge in [-0.2, -0.15) is 5.10 Å². The standard InChI is InChI=1S/C16H22N6O2/c1-11(2)15(17)16(24)20-10-14(23)19-9-12-4-6-18-13(8-12)22-7-3-5-21-22/h3-8,11,15H,9-10,17H2,1-2H3,(H,19,23)(H,20,24)/t15-/m0/s1. The summed E-state index contributed by atoms with van der Waals surface area (Å²) in [6.07, 6.45) is 5.11. The first-order valence-electron chi connectivity index (χ1n) is 7.72. The van der Waals surface area contributed by atoms with Gasteiger partial charge in [-0.15, -0.1) is 0 Å². The Labute approximate surface area is 140 Å². The first-order chi connectivity index (χ1) is 11.5. The summed E-state index contributed by atoms with van der Waals surface area (Å²) < 4.78 is 1.64. The molecular weight excluding hydrogens is 308 g/mol. The number of carbonyl (C=O) groups excluding carboxylic acids is 2. The zero-order chi connectivity index (χ0) is 17.5. The molecule has 1 atom stereocenters. The molecule has 8 nitrogen and oxygen atoms in total. The van der Waals surface area contributed by atoms with Crippen LogP contribution in [-0.2, 0) is 16.1 Å². The topological polar surface area (TPSA) is 115 Å². The van der Waals surface area contributed by atoms with Crippen molar-refractivity contribution >= 4 is 11.8 Å². The number of hydrogen-bond donors (Lipinski definition) is 3. The van der Waals surface area contributed by atoms with Crippen molar-refractivity contribution in [2.24, 2.45) is 11.7 Å². The van der Waals surface area contributed by atoms with Crippen molar-refractivity contribution in [3.05, 3.63) is 42.4 Å². The first-order valence-corrected chi connectivity index (χ1v) is 7.72. The van der Waals surface area contributed by atoms with Crippen LogP contribution in [0.15, 0.2) is 36.8 Å². The predicted molar refractivity (Wildman–Crippen MR) is 89.0 cm³/mol. The summed E-state index contributed by atoms with van der Waals surface area (Å²) in [6.45, 7) is 3.94. The van der Waals surface area contributed by atoms with Gasteiger partial charge in [0.05, 0.1) is 12.6 Å². The SMILES string of the molecule is CC(C)[C@H](N)C(=O)NCC(=O)NCc1ccnc(-n2cccn2)c1. The molecule has 0 aliphatic heterocycles. The third-order valence-electron chi connectivity index (χ3n) is 3.48. The summed E-state index contributed by atoms with van der Waals surface area (Å²) in [5.74, 6) is 0.0790. The van der Waals surface area contributed by atoms with Crippen molar-refractivity contribution in [3.63, 3.8) is 0 Å². The van der Waals surface area contributed by atoms with Crippen LogP contribution in [0.5, 0.6) is 0 Å². The van der Waals surface area contributed by atoms with Crippen molar-refractivity contribution in [1.82, 2.24) is 25.4 Å². The fourth-order valence-electron chi connectivity index (χ4n) is 1.95. The highest BCUT2D eigenvalue weighted by Crippen LogP contribution is 2.05. The molecule has 0 spiro atoms. The molecule has 0 saturated heterocycles. The average molecular weight is 330 g/mol. The molecule has 2 amide bonds. The maximum Gasteiger partial charge on any atom is 0.239 e. The van der Waals surface area contributed by atoms with Crippen molar-refractivity contribution < 1.29 is 9.59 Å². The lowest BCUT2D eigenvalue weighted by Gasteiger charge is -2.15. The molecule has 128 valence electrons. The van der Waals surface area contributed by atoms with Gasteiger partial charge in [0.25, 0.3) is 0 Å². The normalized spacial score (nSPS) is 12.0. The van der Waals surface area contributed by atoms with Crippen LogP contribution in [0.1, 0.15) is 19.4 Å². The van der Waals surface area contributed by atoms with Gasteiger partial charge >= 0.3 is 0 Å². The molecule has 0 radical (unpaired) electrons. The Balaban J connectivity index is 1.82. The minimum absolute atomic E-state index is 0.0191. The monoisotopic (exact) mass is 330 g/mol. The van der Waals surface area contributed by atoms with Gasteiger partial charge in [-0.05, 0) is 29.7 Å². The van der Waals surface area contributed by atoms with Crippen LogP contribution in [0.2, 0.25) is 0 Å². The minimum Gasteiger partial charge on any atom is -0.350 e.